The molecular weight excluding hydrogens is 458 g/mol. The van der Waals surface area contributed by atoms with Gasteiger partial charge in [0, 0.05) is 5.56 Å². The zero-order valence-corrected chi connectivity index (χ0v) is 18.9. The second-order valence-electron chi connectivity index (χ2n) is 7.98. The number of para-hydroxylation sites is 1. The molecule has 4 aromatic rings. The molecule has 0 fully saturated rings. The van der Waals surface area contributed by atoms with Gasteiger partial charge in [-0.05, 0) is 54.6 Å². The number of amides is 2. The molecule has 1 aliphatic rings. The Morgan fingerprint density at radius 2 is 1.25 bits per heavy atom. The smallest absolute Gasteiger partial charge is 0.338 e. The SMILES string of the molecule is O=C(COC(=O)c1ccc2c(c1)C(=O)N(c1ccc(Oc3ccccc3)cc1)C2=O)c1ccccc1. The van der Waals surface area contributed by atoms with Gasteiger partial charge in [0.15, 0.2) is 12.4 Å². The molecule has 0 aromatic heterocycles. The van der Waals surface area contributed by atoms with Crippen LogP contribution in [0.3, 0.4) is 0 Å². The van der Waals surface area contributed by atoms with Crippen LogP contribution in [0.1, 0.15) is 41.4 Å². The van der Waals surface area contributed by atoms with Crippen molar-refractivity contribution >= 4 is 29.3 Å². The van der Waals surface area contributed by atoms with Crippen molar-refractivity contribution < 1.29 is 28.7 Å². The average Bonchev–Trinajstić information content (AvgIpc) is 3.17. The molecule has 7 nitrogen and oxygen atoms in total. The van der Waals surface area contributed by atoms with E-state index in [2.05, 4.69) is 0 Å². The minimum absolute atomic E-state index is 0.0734. The third-order valence-corrected chi connectivity index (χ3v) is 5.63. The molecule has 2 amide bonds. The molecule has 1 heterocycles. The Bertz CT molecular complexity index is 1460. The molecule has 1 aliphatic heterocycles. The van der Waals surface area contributed by atoms with E-state index in [4.69, 9.17) is 9.47 Å². The van der Waals surface area contributed by atoms with Gasteiger partial charge in [-0.25, -0.2) is 9.69 Å². The number of rotatable bonds is 7. The molecule has 0 spiro atoms. The van der Waals surface area contributed by atoms with E-state index in [0.717, 1.165) is 4.90 Å². The quantitative estimate of drug-likeness (QED) is 0.203. The van der Waals surface area contributed by atoms with E-state index in [0.29, 0.717) is 22.7 Å². The largest absolute Gasteiger partial charge is 0.457 e. The first-order chi connectivity index (χ1) is 17.5. The lowest BCUT2D eigenvalue weighted by Crippen LogP contribution is -2.29. The summed E-state index contributed by atoms with van der Waals surface area (Å²) >= 11 is 0. The van der Waals surface area contributed by atoms with Crippen molar-refractivity contribution in [3.63, 3.8) is 0 Å². The summed E-state index contributed by atoms with van der Waals surface area (Å²) in [5.74, 6) is -0.939. The maximum atomic E-state index is 13.1. The number of hydrogen-bond donors (Lipinski definition) is 0. The third kappa shape index (κ3) is 4.50. The van der Waals surface area contributed by atoms with Crippen molar-refractivity contribution in [3.8, 4) is 11.5 Å². The van der Waals surface area contributed by atoms with Gasteiger partial charge in [0.2, 0.25) is 0 Å². The number of imide groups is 1. The number of ether oxygens (including phenoxy) is 2. The van der Waals surface area contributed by atoms with E-state index in [-0.39, 0.29) is 22.5 Å². The molecule has 0 saturated carbocycles. The van der Waals surface area contributed by atoms with Gasteiger partial charge in [0.25, 0.3) is 11.8 Å². The van der Waals surface area contributed by atoms with Crippen LogP contribution in [0.5, 0.6) is 11.5 Å². The molecule has 0 atom stereocenters. The Balaban J connectivity index is 1.29. The highest BCUT2D eigenvalue weighted by molar-refractivity contribution is 6.34. The lowest BCUT2D eigenvalue weighted by Gasteiger charge is -2.14. The Morgan fingerprint density at radius 1 is 0.639 bits per heavy atom. The van der Waals surface area contributed by atoms with Crippen LogP contribution in [0.2, 0.25) is 0 Å². The van der Waals surface area contributed by atoms with Crippen LogP contribution in [-0.4, -0.2) is 30.2 Å². The number of benzene rings is 4. The number of anilines is 1. The van der Waals surface area contributed by atoms with Crippen molar-refractivity contribution in [1.29, 1.82) is 0 Å². The summed E-state index contributed by atoms with van der Waals surface area (Å²) in [6.07, 6.45) is 0. The second kappa shape index (κ2) is 9.68. The zero-order valence-electron chi connectivity index (χ0n) is 18.9. The van der Waals surface area contributed by atoms with Gasteiger partial charge in [-0.2, -0.15) is 0 Å². The standard InChI is InChI=1S/C29H19NO6/c31-26(19-7-3-1-4-8-19)18-35-29(34)20-11-16-24-25(17-20)28(33)30(27(24)32)21-12-14-23(15-13-21)36-22-9-5-2-6-10-22/h1-17H,18H2. The van der Waals surface area contributed by atoms with E-state index in [1.54, 1.807) is 54.6 Å². The number of carbonyl (C=O) groups is 4. The lowest BCUT2D eigenvalue weighted by molar-refractivity contribution is 0.0474. The van der Waals surface area contributed by atoms with Gasteiger partial charge < -0.3 is 9.47 Å². The zero-order chi connectivity index (χ0) is 25.1. The van der Waals surface area contributed by atoms with Crippen molar-refractivity contribution in [2.75, 3.05) is 11.5 Å². The molecule has 176 valence electrons. The van der Waals surface area contributed by atoms with Crippen LogP contribution < -0.4 is 9.64 Å². The van der Waals surface area contributed by atoms with E-state index < -0.39 is 24.4 Å². The predicted molar refractivity (Wildman–Crippen MR) is 132 cm³/mol. The fourth-order valence-electron chi connectivity index (χ4n) is 3.81. The molecule has 0 saturated heterocycles. The summed E-state index contributed by atoms with van der Waals surface area (Å²) in [7, 11) is 0. The van der Waals surface area contributed by atoms with Crippen LogP contribution in [-0.2, 0) is 4.74 Å². The lowest BCUT2D eigenvalue weighted by atomic mass is 10.1. The van der Waals surface area contributed by atoms with Gasteiger partial charge in [-0.15, -0.1) is 0 Å². The van der Waals surface area contributed by atoms with Gasteiger partial charge in [0.05, 0.1) is 22.4 Å². The number of Topliss-reactive ketones (excluding diaryl/α,β-unsaturated/α-hetero) is 1. The number of ketones is 1. The molecule has 4 aromatic carbocycles. The first-order valence-corrected chi connectivity index (χ1v) is 11.1. The third-order valence-electron chi connectivity index (χ3n) is 5.63. The van der Waals surface area contributed by atoms with Crippen molar-refractivity contribution in [1.82, 2.24) is 0 Å². The van der Waals surface area contributed by atoms with Gasteiger partial charge in [-0.3, -0.25) is 14.4 Å². The first-order valence-electron chi connectivity index (χ1n) is 11.1. The van der Waals surface area contributed by atoms with Crippen molar-refractivity contribution in [3.05, 3.63) is 125 Å². The highest BCUT2D eigenvalue weighted by Crippen LogP contribution is 2.31. The number of nitrogens with zero attached hydrogens (tertiary/aromatic N) is 1. The number of hydrogen-bond acceptors (Lipinski definition) is 6. The highest BCUT2D eigenvalue weighted by atomic mass is 16.5. The molecule has 36 heavy (non-hydrogen) atoms. The summed E-state index contributed by atoms with van der Waals surface area (Å²) in [6, 6.07) is 28.4. The van der Waals surface area contributed by atoms with Crippen LogP contribution in [0.25, 0.3) is 0 Å². The molecule has 0 bridgehead atoms. The minimum Gasteiger partial charge on any atom is -0.457 e. The Morgan fingerprint density at radius 3 is 1.94 bits per heavy atom. The topological polar surface area (TPSA) is 90.0 Å². The normalized spacial score (nSPS) is 12.3. The van der Waals surface area contributed by atoms with Crippen molar-refractivity contribution in [2.24, 2.45) is 0 Å². The Kier molecular flexibility index (Phi) is 6.11. The molecule has 7 heteroatoms. The summed E-state index contributed by atoms with van der Waals surface area (Å²) in [5.41, 5.74) is 1.15. The molecule has 0 N–H and O–H groups in total. The molecule has 0 aliphatic carbocycles. The molecular formula is C29H19NO6. The summed E-state index contributed by atoms with van der Waals surface area (Å²) in [4.78, 5) is 51.8. The first kappa shape index (κ1) is 22.7. The maximum absolute atomic E-state index is 13.1. The maximum Gasteiger partial charge on any atom is 0.338 e. The molecule has 5 rings (SSSR count). The Hall–Kier alpha value is -5.04. The van der Waals surface area contributed by atoms with E-state index in [9.17, 15) is 19.2 Å². The van der Waals surface area contributed by atoms with E-state index in [1.807, 2.05) is 30.3 Å². The van der Waals surface area contributed by atoms with Crippen LogP contribution >= 0.6 is 0 Å². The van der Waals surface area contributed by atoms with Gasteiger partial charge in [0.1, 0.15) is 11.5 Å². The summed E-state index contributed by atoms with van der Waals surface area (Å²) in [6.45, 7) is -0.434. The minimum atomic E-state index is -0.761. The highest BCUT2D eigenvalue weighted by Gasteiger charge is 2.37. The van der Waals surface area contributed by atoms with Crippen LogP contribution in [0, 0.1) is 0 Å². The number of fused-ring (bicyclic) bond motifs is 1. The van der Waals surface area contributed by atoms with Crippen molar-refractivity contribution in [2.45, 2.75) is 0 Å². The fourth-order valence-corrected chi connectivity index (χ4v) is 3.81. The van der Waals surface area contributed by atoms with Crippen LogP contribution in [0.4, 0.5) is 5.69 Å². The fraction of sp³-hybridized carbons (Fsp3) is 0.0345. The monoisotopic (exact) mass is 477 g/mol. The van der Waals surface area contributed by atoms with Crippen LogP contribution in [0.15, 0.2) is 103 Å². The van der Waals surface area contributed by atoms with Gasteiger partial charge in [-0.1, -0.05) is 48.5 Å². The summed E-state index contributed by atoms with van der Waals surface area (Å²) in [5, 5.41) is 0. The average molecular weight is 477 g/mol. The molecule has 0 radical (unpaired) electrons. The number of esters is 1. The Labute approximate surface area is 206 Å². The second-order valence-corrected chi connectivity index (χ2v) is 7.98. The van der Waals surface area contributed by atoms with E-state index >= 15 is 0 Å². The summed E-state index contributed by atoms with van der Waals surface area (Å²) < 4.78 is 10.9. The van der Waals surface area contributed by atoms with Gasteiger partial charge >= 0.3 is 5.97 Å². The molecule has 0 unspecified atom stereocenters. The predicted octanol–water partition coefficient (Wildman–Crippen LogP) is 5.32. The number of carbonyl (C=O) groups excluding carboxylic acids is 4. The van der Waals surface area contributed by atoms with E-state index in [1.165, 1.54) is 18.2 Å².